The van der Waals surface area contributed by atoms with Gasteiger partial charge < -0.3 is 0 Å². The Labute approximate surface area is 155 Å². The van der Waals surface area contributed by atoms with E-state index in [1.54, 1.807) is 0 Å². The first-order valence-electron chi connectivity index (χ1n) is 11.7. The molecule has 0 aromatic carbocycles. The van der Waals surface area contributed by atoms with Gasteiger partial charge in [-0.05, 0) is 36.5 Å². The highest BCUT2D eigenvalue weighted by atomic mass is 14.3. The molecule has 0 aromatic heterocycles. The van der Waals surface area contributed by atoms with Crippen LogP contribution in [0.3, 0.4) is 0 Å². The van der Waals surface area contributed by atoms with E-state index in [1.165, 1.54) is 89.9 Å². The van der Waals surface area contributed by atoms with Crippen molar-refractivity contribution >= 4 is 0 Å². The summed E-state index contributed by atoms with van der Waals surface area (Å²) in [5.41, 5.74) is 0. The first-order valence-corrected chi connectivity index (χ1v) is 11.7. The van der Waals surface area contributed by atoms with Gasteiger partial charge in [0, 0.05) is 0 Å². The van der Waals surface area contributed by atoms with Crippen LogP contribution in [0.25, 0.3) is 0 Å². The van der Waals surface area contributed by atoms with Crippen LogP contribution in [0.1, 0.15) is 131 Å². The second-order valence-electron chi connectivity index (χ2n) is 8.38. The van der Waals surface area contributed by atoms with Gasteiger partial charge in [-0.25, -0.2) is 0 Å². The normalized spacial score (nSPS) is 16.8. The van der Waals surface area contributed by atoms with Crippen LogP contribution in [-0.4, -0.2) is 0 Å². The summed E-state index contributed by atoms with van der Waals surface area (Å²) in [6.45, 7) is 14.4. The van der Waals surface area contributed by atoms with E-state index >= 15 is 0 Å². The average Bonchev–Trinajstić information content (AvgIpc) is 2.61. The molecule has 24 heavy (non-hydrogen) atoms. The Hall–Kier alpha value is 0. The Morgan fingerprint density at radius 3 is 1.21 bits per heavy atom. The zero-order chi connectivity index (χ0) is 18.2. The van der Waals surface area contributed by atoms with Crippen LogP contribution < -0.4 is 0 Å². The SMILES string of the molecule is CCCCC(CC)CC(CC(CC)CCCC)C(CC)CCCC. The van der Waals surface area contributed by atoms with Gasteiger partial charge in [0.1, 0.15) is 0 Å². The van der Waals surface area contributed by atoms with Crippen LogP contribution in [0.4, 0.5) is 0 Å². The summed E-state index contributed by atoms with van der Waals surface area (Å²) in [6.07, 6.45) is 20.0. The fraction of sp³-hybridized carbons (Fsp3) is 1.00. The molecule has 0 rings (SSSR count). The third-order valence-corrected chi connectivity index (χ3v) is 6.48. The second-order valence-corrected chi connectivity index (χ2v) is 8.38. The van der Waals surface area contributed by atoms with Gasteiger partial charge in [0.15, 0.2) is 0 Å². The molecule has 3 unspecified atom stereocenters. The van der Waals surface area contributed by atoms with Gasteiger partial charge in [0.25, 0.3) is 0 Å². The Bertz CT molecular complexity index is 226. The first kappa shape index (κ1) is 24.0. The maximum absolute atomic E-state index is 2.45. The summed E-state index contributed by atoms with van der Waals surface area (Å²) in [6, 6.07) is 0. The fourth-order valence-electron chi connectivity index (χ4n) is 4.54. The molecule has 3 atom stereocenters. The summed E-state index contributed by atoms with van der Waals surface area (Å²) >= 11 is 0. The van der Waals surface area contributed by atoms with Crippen molar-refractivity contribution in [3.63, 3.8) is 0 Å². The number of hydrogen-bond acceptors (Lipinski definition) is 0. The lowest BCUT2D eigenvalue weighted by Crippen LogP contribution is -2.21. The van der Waals surface area contributed by atoms with Crippen LogP contribution in [0.2, 0.25) is 0 Å². The van der Waals surface area contributed by atoms with Crippen molar-refractivity contribution in [2.45, 2.75) is 131 Å². The molecule has 146 valence electrons. The summed E-state index contributed by atoms with van der Waals surface area (Å²) in [5, 5.41) is 0. The molecule has 0 amide bonds. The van der Waals surface area contributed by atoms with Gasteiger partial charge in [0.2, 0.25) is 0 Å². The highest BCUT2D eigenvalue weighted by molar-refractivity contribution is 4.76. The van der Waals surface area contributed by atoms with E-state index in [9.17, 15) is 0 Å². The van der Waals surface area contributed by atoms with Gasteiger partial charge in [-0.15, -0.1) is 0 Å². The lowest BCUT2D eigenvalue weighted by atomic mass is 9.73. The zero-order valence-electron chi connectivity index (χ0n) is 18.2. The molecule has 0 aliphatic heterocycles. The zero-order valence-corrected chi connectivity index (χ0v) is 18.2. The van der Waals surface area contributed by atoms with Crippen molar-refractivity contribution in [3.05, 3.63) is 0 Å². The number of rotatable bonds is 17. The Balaban J connectivity index is 4.88. The van der Waals surface area contributed by atoms with Crippen LogP contribution in [0.15, 0.2) is 0 Å². The number of hydrogen-bond donors (Lipinski definition) is 0. The van der Waals surface area contributed by atoms with Crippen molar-refractivity contribution in [2.24, 2.45) is 23.7 Å². The molecular formula is C24H50. The highest BCUT2D eigenvalue weighted by Gasteiger charge is 2.25. The minimum atomic E-state index is 0.981. The summed E-state index contributed by atoms with van der Waals surface area (Å²) < 4.78 is 0. The van der Waals surface area contributed by atoms with Crippen molar-refractivity contribution in [1.82, 2.24) is 0 Å². The molecular weight excluding hydrogens is 288 g/mol. The van der Waals surface area contributed by atoms with Crippen molar-refractivity contribution in [1.29, 1.82) is 0 Å². The topological polar surface area (TPSA) is 0 Å². The molecule has 0 heterocycles. The molecule has 0 bridgehead atoms. The average molecular weight is 339 g/mol. The summed E-state index contributed by atoms with van der Waals surface area (Å²) in [4.78, 5) is 0. The molecule has 0 aromatic rings. The van der Waals surface area contributed by atoms with Crippen molar-refractivity contribution in [3.8, 4) is 0 Å². The lowest BCUT2D eigenvalue weighted by molar-refractivity contribution is 0.186. The molecule has 0 saturated heterocycles. The van der Waals surface area contributed by atoms with E-state index in [4.69, 9.17) is 0 Å². The van der Waals surface area contributed by atoms with Crippen molar-refractivity contribution in [2.75, 3.05) is 0 Å². The predicted octanol–water partition coefficient (Wildman–Crippen LogP) is 9.03. The maximum atomic E-state index is 2.45. The van der Waals surface area contributed by atoms with E-state index in [-0.39, 0.29) is 0 Å². The monoisotopic (exact) mass is 338 g/mol. The first-order chi connectivity index (χ1) is 11.7. The van der Waals surface area contributed by atoms with E-state index in [1.807, 2.05) is 0 Å². The van der Waals surface area contributed by atoms with E-state index in [2.05, 4.69) is 41.5 Å². The molecule has 0 N–H and O–H groups in total. The predicted molar refractivity (Wildman–Crippen MR) is 113 cm³/mol. The van der Waals surface area contributed by atoms with Crippen LogP contribution in [0.5, 0.6) is 0 Å². The smallest absolute Gasteiger partial charge is 0.0381 e. The Kier molecular flexibility index (Phi) is 16.5. The summed E-state index contributed by atoms with van der Waals surface area (Å²) in [5.74, 6) is 3.94. The van der Waals surface area contributed by atoms with Gasteiger partial charge in [-0.1, -0.05) is 119 Å². The standard InChI is InChI=1S/C24H50/c1-7-13-16-21(10-4)19-24(23(12-6)18-15-9-3)20-22(11-5)17-14-8-2/h21-24H,7-20H2,1-6H3. The molecule has 0 fully saturated rings. The molecule has 0 heteroatoms. The van der Waals surface area contributed by atoms with E-state index in [0.717, 1.165) is 23.7 Å². The van der Waals surface area contributed by atoms with Crippen LogP contribution in [0, 0.1) is 23.7 Å². The van der Waals surface area contributed by atoms with Gasteiger partial charge >= 0.3 is 0 Å². The minimum absolute atomic E-state index is 0.981. The molecule has 0 aliphatic carbocycles. The number of unbranched alkanes of at least 4 members (excludes halogenated alkanes) is 3. The molecule has 0 spiro atoms. The van der Waals surface area contributed by atoms with E-state index < -0.39 is 0 Å². The Morgan fingerprint density at radius 1 is 0.458 bits per heavy atom. The Morgan fingerprint density at radius 2 is 0.875 bits per heavy atom. The highest BCUT2D eigenvalue weighted by Crippen LogP contribution is 2.37. The third kappa shape index (κ3) is 10.8. The van der Waals surface area contributed by atoms with Gasteiger partial charge in [0.05, 0.1) is 0 Å². The molecule has 0 radical (unpaired) electrons. The molecule has 0 nitrogen and oxygen atoms in total. The van der Waals surface area contributed by atoms with E-state index in [0.29, 0.717) is 0 Å². The van der Waals surface area contributed by atoms with Gasteiger partial charge in [-0.3, -0.25) is 0 Å². The maximum Gasteiger partial charge on any atom is -0.0381 e. The fourth-order valence-corrected chi connectivity index (χ4v) is 4.54. The third-order valence-electron chi connectivity index (χ3n) is 6.48. The van der Waals surface area contributed by atoms with Crippen molar-refractivity contribution < 1.29 is 0 Å². The molecule has 0 saturated carbocycles. The largest absolute Gasteiger partial charge is 0.0654 e. The second kappa shape index (κ2) is 16.5. The van der Waals surface area contributed by atoms with Crippen LogP contribution in [-0.2, 0) is 0 Å². The molecule has 0 aliphatic rings. The summed E-state index contributed by atoms with van der Waals surface area (Å²) in [7, 11) is 0. The quantitative estimate of drug-likeness (QED) is 0.248. The van der Waals surface area contributed by atoms with Gasteiger partial charge in [-0.2, -0.15) is 0 Å². The lowest BCUT2D eigenvalue weighted by Gasteiger charge is -2.32. The van der Waals surface area contributed by atoms with Crippen LogP contribution >= 0.6 is 0 Å². The minimum Gasteiger partial charge on any atom is -0.0654 e.